The Morgan fingerprint density at radius 1 is 1.41 bits per heavy atom. The van der Waals surface area contributed by atoms with Crippen molar-refractivity contribution in [1.82, 2.24) is 9.88 Å². The normalized spacial score (nSPS) is 16.6. The average molecular weight is 446 g/mol. The van der Waals surface area contributed by atoms with Crippen LogP contribution in [0.2, 0.25) is 5.02 Å². The van der Waals surface area contributed by atoms with Crippen LogP contribution in [0, 0.1) is 6.57 Å². The van der Waals surface area contributed by atoms with Gasteiger partial charge in [0, 0.05) is 28.2 Å². The van der Waals surface area contributed by atoms with Gasteiger partial charge in [-0.15, -0.1) is 0 Å². The van der Waals surface area contributed by atoms with Crippen molar-refractivity contribution >= 4 is 50.9 Å². The Morgan fingerprint density at radius 2 is 2.19 bits per heavy atom. The maximum Gasteiger partial charge on any atom is 0.254 e. The smallest absolute Gasteiger partial charge is 0.254 e. The molecule has 1 aliphatic carbocycles. The molecule has 1 spiro atoms. The van der Waals surface area contributed by atoms with Crippen molar-refractivity contribution in [3.8, 4) is 0 Å². The summed E-state index contributed by atoms with van der Waals surface area (Å²) in [6.07, 6.45) is 3.36. The Bertz CT molecular complexity index is 1010. The largest absolute Gasteiger partial charge is 0.328 e. The van der Waals surface area contributed by atoms with Crippen LogP contribution in [0.15, 0.2) is 34.9 Å². The number of pyridine rings is 1. The zero-order valence-corrected chi connectivity index (χ0v) is 16.5. The summed E-state index contributed by atoms with van der Waals surface area (Å²) in [6, 6.07) is 7.11. The van der Waals surface area contributed by atoms with Gasteiger partial charge in [-0.1, -0.05) is 27.5 Å². The number of carbonyl (C=O) groups excluding carboxylic acids is 2. The van der Waals surface area contributed by atoms with Crippen molar-refractivity contribution < 1.29 is 9.59 Å². The van der Waals surface area contributed by atoms with Gasteiger partial charge in [-0.25, -0.2) is 9.83 Å². The van der Waals surface area contributed by atoms with Crippen LogP contribution in [0.5, 0.6) is 0 Å². The molecule has 6 nitrogen and oxygen atoms in total. The predicted octanol–water partition coefficient (Wildman–Crippen LogP) is 4.17. The number of nitrogens with zero attached hydrogens (tertiary/aromatic N) is 3. The molecular weight excluding hydrogens is 432 g/mol. The summed E-state index contributed by atoms with van der Waals surface area (Å²) in [5.41, 5.74) is 1.98. The van der Waals surface area contributed by atoms with E-state index in [0.29, 0.717) is 17.8 Å². The van der Waals surface area contributed by atoms with E-state index in [1.165, 1.54) is 12.3 Å². The van der Waals surface area contributed by atoms with Crippen molar-refractivity contribution in [2.75, 3.05) is 18.4 Å². The summed E-state index contributed by atoms with van der Waals surface area (Å²) in [6.45, 7) is 7.41. The fraction of sp³-hybridized carbons (Fsp3) is 0.263. The summed E-state index contributed by atoms with van der Waals surface area (Å²) in [4.78, 5) is 34.1. The minimum atomic E-state index is -0.371. The van der Waals surface area contributed by atoms with E-state index in [-0.39, 0.29) is 34.6 Å². The Kier molecular flexibility index (Phi) is 4.41. The molecule has 1 saturated carbocycles. The molecular formula is C19H14BrClN4O2. The lowest BCUT2D eigenvalue weighted by molar-refractivity contribution is -0.117. The second-order valence-electron chi connectivity index (χ2n) is 6.82. The molecule has 4 rings (SSSR count). The van der Waals surface area contributed by atoms with Gasteiger partial charge in [0.15, 0.2) is 0 Å². The number of hydrogen-bond donors (Lipinski definition) is 1. The van der Waals surface area contributed by atoms with Crippen LogP contribution in [0.4, 0.5) is 11.5 Å². The van der Waals surface area contributed by atoms with Crippen LogP contribution >= 0.6 is 27.5 Å². The molecule has 0 atom stereocenters. The number of fused-ring (bicyclic) bond motifs is 2. The van der Waals surface area contributed by atoms with Crippen molar-refractivity contribution in [3.63, 3.8) is 0 Å². The molecule has 0 radical (unpaired) electrons. The van der Waals surface area contributed by atoms with Crippen molar-refractivity contribution in [3.05, 3.63) is 62.5 Å². The molecule has 0 bridgehead atoms. The average Bonchev–Trinajstić information content (AvgIpc) is 3.41. The fourth-order valence-corrected chi connectivity index (χ4v) is 4.04. The maximum absolute atomic E-state index is 12.8. The third-order valence-electron chi connectivity index (χ3n) is 4.97. The molecule has 8 heteroatoms. The Balaban J connectivity index is 1.52. The van der Waals surface area contributed by atoms with Crippen LogP contribution in [0.25, 0.3) is 4.85 Å². The minimum absolute atomic E-state index is 0.0412. The van der Waals surface area contributed by atoms with Crippen molar-refractivity contribution in [2.45, 2.75) is 18.3 Å². The number of anilines is 1. The first-order valence-corrected chi connectivity index (χ1v) is 9.51. The number of rotatable bonds is 3. The topological polar surface area (TPSA) is 66.7 Å². The van der Waals surface area contributed by atoms with Crippen molar-refractivity contribution in [1.29, 1.82) is 0 Å². The molecule has 27 heavy (non-hydrogen) atoms. The summed E-state index contributed by atoms with van der Waals surface area (Å²) in [7, 11) is 0. The minimum Gasteiger partial charge on any atom is -0.328 e. The maximum atomic E-state index is 12.8. The van der Waals surface area contributed by atoms with E-state index >= 15 is 0 Å². The van der Waals surface area contributed by atoms with E-state index in [9.17, 15) is 9.59 Å². The van der Waals surface area contributed by atoms with Gasteiger partial charge in [0.1, 0.15) is 12.4 Å². The van der Waals surface area contributed by atoms with E-state index in [4.69, 9.17) is 18.2 Å². The quantitative estimate of drug-likeness (QED) is 0.721. The number of benzene rings is 1. The van der Waals surface area contributed by atoms with Crippen LogP contribution < -0.4 is 5.32 Å². The number of nitrogens with one attached hydrogen (secondary N) is 1. The van der Waals surface area contributed by atoms with Gasteiger partial charge in [-0.05, 0) is 42.7 Å². The highest BCUT2D eigenvalue weighted by Gasteiger charge is 2.51. The van der Waals surface area contributed by atoms with E-state index < -0.39 is 0 Å². The zero-order chi connectivity index (χ0) is 19.2. The summed E-state index contributed by atoms with van der Waals surface area (Å²) >= 11 is 9.53. The first-order chi connectivity index (χ1) is 12.9. The lowest BCUT2D eigenvalue weighted by Crippen LogP contribution is -2.46. The molecule has 1 aliphatic heterocycles. The standard InChI is InChI=1S/C19H14BrClN4O2/c1-22-12-7-15(21)17(23-8-12)24-16(26)9-25-10-19(4-5-19)14-6-11(20)2-3-13(14)18(25)27/h2-3,6-8H,4-5,9-10H2,(H,23,24,26). The summed E-state index contributed by atoms with van der Waals surface area (Å²) in [5, 5.41) is 2.81. The predicted molar refractivity (Wildman–Crippen MR) is 105 cm³/mol. The van der Waals surface area contributed by atoms with E-state index in [1.54, 1.807) is 4.90 Å². The van der Waals surface area contributed by atoms with Crippen LogP contribution in [-0.4, -0.2) is 34.8 Å². The molecule has 136 valence electrons. The number of amides is 2. The van der Waals surface area contributed by atoms with Gasteiger partial charge >= 0.3 is 0 Å². The zero-order valence-electron chi connectivity index (χ0n) is 14.1. The molecule has 1 aromatic carbocycles. The van der Waals surface area contributed by atoms with Gasteiger partial charge in [-0.3, -0.25) is 9.59 Å². The van der Waals surface area contributed by atoms with Crippen LogP contribution in [0.3, 0.4) is 0 Å². The Morgan fingerprint density at radius 3 is 2.85 bits per heavy atom. The molecule has 2 heterocycles. The highest BCUT2D eigenvalue weighted by atomic mass is 79.9. The molecule has 2 amide bonds. The molecule has 0 unspecified atom stereocenters. The van der Waals surface area contributed by atoms with Gasteiger partial charge in [0.2, 0.25) is 11.6 Å². The first kappa shape index (κ1) is 18.0. The summed E-state index contributed by atoms with van der Waals surface area (Å²) in [5.74, 6) is -0.332. The van der Waals surface area contributed by atoms with Gasteiger partial charge in [-0.2, -0.15) is 0 Å². The monoisotopic (exact) mass is 444 g/mol. The number of hydrogen-bond acceptors (Lipinski definition) is 3. The molecule has 2 aromatic rings. The molecule has 0 saturated heterocycles. The van der Waals surface area contributed by atoms with Crippen LogP contribution in [-0.2, 0) is 10.2 Å². The number of carbonyl (C=O) groups is 2. The molecule has 1 N–H and O–H groups in total. The third-order valence-corrected chi connectivity index (χ3v) is 5.75. The highest BCUT2D eigenvalue weighted by Crippen LogP contribution is 2.52. The number of halogens is 2. The third kappa shape index (κ3) is 3.31. The first-order valence-electron chi connectivity index (χ1n) is 8.34. The van der Waals surface area contributed by atoms with Gasteiger partial charge in [0.25, 0.3) is 5.91 Å². The van der Waals surface area contributed by atoms with Gasteiger partial charge < -0.3 is 10.2 Å². The van der Waals surface area contributed by atoms with Gasteiger partial charge in [0.05, 0.1) is 11.6 Å². The van der Waals surface area contributed by atoms with E-state index in [0.717, 1.165) is 22.9 Å². The SMILES string of the molecule is [C-]#[N+]c1cnc(NC(=O)CN2CC3(CC3)c3cc(Br)ccc3C2=O)c(Cl)c1. The Hall–Kier alpha value is -2.43. The fourth-order valence-electron chi connectivity index (χ4n) is 3.47. The molecule has 2 aliphatic rings. The summed E-state index contributed by atoms with van der Waals surface area (Å²) < 4.78 is 0.954. The van der Waals surface area contributed by atoms with E-state index in [2.05, 4.69) is 31.1 Å². The second-order valence-corrected chi connectivity index (χ2v) is 8.14. The molecule has 1 fully saturated rings. The lowest BCUT2D eigenvalue weighted by Gasteiger charge is -2.34. The molecule has 1 aromatic heterocycles. The Labute approximate surface area is 169 Å². The lowest BCUT2D eigenvalue weighted by atomic mass is 9.86. The van der Waals surface area contributed by atoms with Crippen molar-refractivity contribution in [2.24, 2.45) is 0 Å². The van der Waals surface area contributed by atoms with E-state index in [1.807, 2.05) is 18.2 Å². The van der Waals surface area contributed by atoms with Crippen LogP contribution in [0.1, 0.15) is 28.8 Å². The number of aromatic nitrogens is 1. The highest BCUT2D eigenvalue weighted by molar-refractivity contribution is 9.10. The second kappa shape index (κ2) is 6.63.